The number of ether oxygens (including phenoxy) is 3. The summed E-state index contributed by atoms with van der Waals surface area (Å²) in [6, 6.07) is 13.4. The molecular formula is C22H29N3O4. The van der Waals surface area contributed by atoms with Crippen LogP contribution in [-0.4, -0.2) is 69.9 Å². The normalized spacial score (nSPS) is 14.4. The van der Waals surface area contributed by atoms with Crippen molar-refractivity contribution in [3.05, 3.63) is 48.0 Å². The second kappa shape index (κ2) is 10.0. The number of rotatable bonds is 7. The fraction of sp³-hybridized carbons (Fsp3) is 0.409. The molecule has 1 fully saturated rings. The van der Waals surface area contributed by atoms with Crippen LogP contribution in [0.3, 0.4) is 0 Å². The maximum atomic E-state index is 12.5. The standard InChI is InChI=1S/C22H29N3O4/c1-27-19-6-4-5-18(16-19)23-22(26)25-13-11-24(12-14-25)10-9-17-7-8-20(28-2)21(15-17)29-3/h4-8,15-16H,9-14H2,1-3H3,(H,23,26). The number of carbonyl (C=O) groups excluding carboxylic acids is 1. The van der Waals surface area contributed by atoms with Gasteiger partial charge >= 0.3 is 6.03 Å². The molecule has 1 heterocycles. The van der Waals surface area contributed by atoms with Gasteiger partial charge in [0.05, 0.1) is 21.3 Å². The van der Waals surface area contributed by atoms with Gasteiger partial charge in [0.1, 0.15) is 5.75 Å². The van der Waals surface area contributed by atoms with Crippen molar-refractivity contribution in [2.45, 2.75) is 6.42 Å². The topological polar surface area (TPSA) is 63.3 Å². The number of nitrogens with zero attached hydrogens (tertiary/aromatic N) is 2. The first kappa shape index (κ1) is 20.8. The van der Waals surface area contributed by atoms with Gasteiger partial charge in [0.25, 0.3) is 0 Å². The van der Waals surface area contributed by atoms with Crippen LogP contribution in [0.25, 0.3) is 0 Å². The molecule has 2 aromatic rings. The summed E-state index contributed by atoms with van der Waals surface area (Å²) in [5.74, 6) is 2.22. The molecule has 1 N–H and O–H groups in total. The predicted octanol–water partition coefficient (Wildman–Crippen LogP) is 3.10. The molecule has 7 heteroatoms. The molecule has 0 aromatic heterocycles. The van der Waals surface area contributed by atoms with E-state index in [2.05, 4.69) is 16.3 Å². The summed E-state index contributed by atoms with van der Waals surface area (Å²) in [6.45, 7) is 4.09. The number of piperazine rings is 1. The van der Waals surface area contributed by atoms with Gasteiger partial charge in [-0.15, -0.1) is 0 Å². The second-order valence-corrected chi connectivity index (χ2v) is 6.93. The smallest absolute Gasteiger partial charge is 0.321 e. The average Bonchev–Trinajstić information content (AvgIpc) is 2.77. The highest BCUT2D eigenvalue weighted by Crippen LogP contribution is 2.27. The zero-order chi connectivity index (χ0) is 20.6. The monoisotopic (exact) mass is 399 g/mol. The van der Waals surface area contributed by atoms with E-state index in [1.54, 1.807) is 21.3 Å². The summed E-state index contributed by atoms with van der Waals surface area (Å²) in [7, 11) is 4.90. The minimum absolute atomic E-state index is 0.0715. The van der Waals surface area contributed by atoms with Gasteiger partial charge in [0.15, 0.2) is 11.5 Å². The Hall–Kier alpha value is -2.93. The highest BCUT2D eigenvalue weighted by molar-refractivity contribution is 5.89. The lowest BCUT2D eigenvalue weighted by molar-refractivity contribution is 0.148. The Balaban J connectivity index is 1.46. The quantitative estimate of drug-likeness (QED) is 0.775. The fourth-order valence-corrected chi connectivity index (χ4v) is 3.40. The van der Waals surface area contributed by atoms with E-state index in [9.17, 15) is 4.79 Å². The van der Waals surface area contributed by atoms with Gasteiger partial charge in [-0.05, 0) is 36.2 Å². The minimum Gasteiger partial charge on any atom is -0.497 e. The van der Waals surface area contributed by atoms with Crippen LogP contribution in [-0.2, 0) is 6.42 Å². The molecule has 0 bridgehead atoms. The van der Waals surface area contributed by atoms with Crippen LogP contribution < -0.4 is 19.5 Å². The number of anilines is 1. The number of hydrogen-bond acceptors (Lipinski definition) is 5. The Morgan fingerprint density at radius 3 is 2.38 bits per heavy atom. The number of benzene rings is 2. The summed E-state index contributed by atoms with van der Waals surface area (Å²) in [6.07, 6.45) is 0.927. The Morgan fingerprint density at radius 2 is 1.69 bits per heavy atom. The molecule has 7 nitrogen and oxygen atoms in total. The molecule has 29 heavy (non-hydrogen) atoms. The number of urea groups is 1. The highest BCUT2D eigenvalue weighted by atomic mass is 16.5. The van der Waals surface area contributed by atoms with Gasteiger partial charge in [0, 0.05) is 44.5 Å². The number of hydrogen-bond donors (Lipinski definition) is 1. The van der Waals surface area contributed by atoms with E-state index in [0.29, 0.717) is 13.1 Å². The summed E-state index contributed by atoms with van der Waals surface area (Å²) < 4.78 is 15.9. The van der Waals surface area contributed by atoms with E-state index in [-0.39, 0.29) is 6.03 Å². The lowest BCUT2D eigenvalue weighted by Crippen LogP contribution is -2.50. The summed E-state index contributed by atoms with van der Waals surface area (Å²) >= 11 is 0. The Labute approximate surface area is 172 Å². The van der Waals surface area contributed by atoms with Crippen LogP contribution in [0.5, 0.6) is 17.2 Å². The van der Waals surface area contributed by atoms with Gasteiger partial charge < -0.3 is 24.4 Å². The van der Waals surface area contributed by atoms with Crippen molar-refractivity contribution < 1.29 is 19.0 Å². The molecule has 0 saturated carbocycles. The lowest BCUT2D eigenvalue weighted by Gasteiger charge is -2.34. The molecule has 2 aromatic carbocycles. The molecule has 0 spiro atoms. The van der Waals surface area contributed by atoms with Crippen LogP contribution in [0, 0.1) is 0 Å². The number of carbonyl (C=O) groups is 1. The van der Waals surface area contributed by atoms with E-state index in [4.69, 9.17) is 14.2 Å². The van der Waals surface area contributed by atoms with Crippen molar-refractivity contribution in [1.82, 2.24) is 9.80 Å². The summed E-state index contributed by atoms with van der Waals surface area (Å²) in [5.41, 5.74) is 1.95. The van der Waals surface area contributed by atoms with Crippen molar-refractivity contribution in [3.63, 3.8) is 0 Å². The molecule has 0 unspecified atom stereocenters. The van der Waals surface area contributed by atoms with Crippen LogP contribution in [0.2, 0.25) is 0 Å². The van der Waals surface area contributed by atoms with Crippen LogP contribution in [0.15, 0.2) is 42.5 Å². The van der Waals surface area contributed by atoms with Crippen molar-refractivity contribution >= 4 is 11.7 Å². The number of nitrogens with one attached hydrogen (secondary N) is 1. The predicted molar refractivity (Wildman–Crippen MR) is 113 cm³/mol. The highest BCUT2D eigenvalue weighted by Gasteiger charge is 2.21. The maximum absolute atomic E-state index is 12.5. The Morgan fingerprint density at radius 1 is 0.931 bits per heavy atom. The fourth-order valence-electron chi connectivity index (χ4n) is 3.40. The molecule has 1 aliphatic rings. The maximum Gasteiger partial charge on any atom is 0.321 e. The van der Waals surface area contributed by atoms with Crippen molar-refractivity contribution in [2.24, 2.45) is 0 Å². The lowest BCUT2D eigenvalue weighted by atomic mass is 10.1. The average molecular weight is 399 g/mol. The molecule has 0 aliphatic carbocycles. The zero-order valence-corrected chi connectivity index (χ0v) is 17.3. The van der Waals surface area contributed by atoms with E-state index in [0.717, 1.165) is 49.0 Å². The molecule has 1 saturated heterocycles. The van der Waals surface area contributed by atoms with E-state index in [1.165, 1.54) is 5.56 Å². The molecule has 2 amide bonds. The summed E-state index contributed by atoms with van der Waals surface area (Å²) in [5, 5.41) is 2.95. The zero-order valence-electron chi connectivity index (χ0n) is 17.3. The van der Waals surface area contributed by atoms with Crippen LogP contribution >= 0.6 is 0 Å². The largest absolute Gasteiger partial charge is 0.497 e. The first-order chi connectivity index (χ1) is 14.1. The molecular weight excluding hydrogens is 370 g/mol. The van der Waals surface area contributed by atoms with E-state index >= 15 is 0 Å². The summed E-state index contributed by atoms with van der Waals surface area (Å²) in [4.78, 5) is 16.7. The van der Waals surface area contributed by atoms with Crippen molar-refractivity contribution in [2.75, 3.05) is 59.4 Å². The minimum atomic E-state index is -0.0715. The first-order valence-electron chi connectivity index (χ1n) is 9.76. The van der Waals surface area contributed by atoms with Crippen molar-refractivity contribution in [1.29, 1.82) is 0 Å². The Kier molecular flexibility index (Phi) is 7.19. The molecule has 0 radical (unpaired) electrons. The van der Waals surface area contributed by atoms with Gasteiger partial charge in [-0.1, -0.05) is 12.1 Å². The Bertz CT molecular complexity index is 819. The first-order valence-corrected chi connectivity index (χ1v) is 9.76. The van der Waals surface area contributed by atoms with Gasteiger partial charge in [-0.3, -0.25) is 4.90 Å². The second-order valence-electron chi connectivity index (χ2n) is 6.93. The SMILES string of the molecule is COc1cccc(NC(=O)N2CCN(CCc3ccc(OC)c(OC)c3)CC2)c1. The number of amides is 2. The third kappa shape index (κ3) is 5.54. The van der Waals surface area contributed by atoms with Crippen LogP contribution in [0.1, 0.15) is 5.56 Å². The third-order valence-corrected chi connectivity index (χ3v) is 5.15. The molecule has 0 atom stereocenters. The number of methoxy groups -OCH3 is 3. The van der Waals surface area contributed by atoms with Crippen molar-refractivity contribution in [3.8, 4) is 17.2 Å². The van der Waals surface area contributed by atoms with Gasteiger partial charge in [-0.25, -0.2) is 4.79 Å². The molecule has 1 aliphatic heterocycles. The van der Waals surface area contributed by atoms with E-state index in [1.807, 2.05) is 41.3 Å². The molecule has 156 valence electrons. The third-order valence-electron chi connectivity index (χ3n) is 5.15. The molecule has 3 rings (SSSR count). The van der Waals surface area contributed by atoms with Gasteiger partial charge in [-0.2, -0.15) is 0 Å². The van der Waals surface area contributed by atoms with Crippen LogP contribution in [0.4, 0.5) is 10.5 Å². The van der Waals surface area contributed by atoms with E-state index < -0.39 is 0 Å². The van der Waals surface area contributed by atoms with Gasteiger partial charge in [0.2, 0.25) is 0 Å².